The highest BCUT2D eigenvalue weighted by molar-refractivity contribution is 8.00. The van der Waals surface area contributed by atoms with Gasteiger partial charge in [-0.05, 0) is 44.8 Å². The predicted octanol–water partition coefficient (Wildman–Crippen LogP) is 3.84. The number of hydrogen-bond acceptors (Lipinski definition) is 3. The molecule has 0 aliphatic carbocycles. The van der Waals surface area contributed by atoms with Crippen LogP contribution in [0.2, 0.25) is 0 Å². The Hall–Kier alpha value is -0.250. The monoisotopic (exact) mass is 264 g/mol. The fourth-order valence-corrected chi connectivity index (χ4v) is 2.76. The van der Waals surface area contributed by atoms with Crippen molar-refractivity contribution in [2.75, 3.05) is 12.4 Å². The van der Waals surface area contributed by atoms with Crippen LogP contribution in [-0.2, 0) is 9.53 Å². The molecule has 0 aliphatic heterocycles. The maximum absolute atomic E-state index is 12.0. The number of esters is 1. The molecule has 17 heavy (non-hydrogen) atoms. The summed E-state index contributed by atoms with van der Waals surface area (Å²) in [5.74, 6) is 1.17. The maximum atomic E-state index is 12.0. The highest BCUT2D eigenvalue weighted by atomic mass is 32.2. The molecule has 4 heteroatoms. The first-order valence-corrected chi connectivity index (χ1v) is 7.40. The van der Waals surface area contributed by atoms with E-state index in [1.54, 1.807) is 11.8 Å². The molecular formula is C13H25FO2S. The van der Waals surface area contributed by atoms with Crippen LogP contribution in [0.4, 0.5) is 4.39 Å². The normalized spacial score (nSPS) is 13.1. The molecule has 102 valence electrons. The van der Waals surface area contributed by atoms with Crippen molar-refractivity contribution in [1.82, 2.24) is 0 Å². The molecule has 0 aromatic carbocycles. The smallest absolute Gasteiger partial charge is 0.319 e. The average Bonchev–Trinajstić information content (AvgIpc) is 2.21. The predicted molar refractivity (Wildman–Crippen MR) is 72.1 cm³/mol. The van der Waals surface area contributed by atoms with Crippen molar-refractivity contribution in [2.45, 2.75) is 58.3 Å². The summed E-state index contributed by atoms with van der Waals surface area (Å²) in [6.07, 6.45) is 2.17. The number of carbonyl (C=O) groups is 1. The summed E-state index contributed by atoms with van der Waals surface area (Å²) in [6.45, 7) is 7.64. The van der Waals surface area contributed by atoms with Crippen molar-refractivity contribution in [2.24, 2.45) is 5.92 Å². The Morgan fingerprint density at radius 2 is 1.88 bits per heavy atom. The van der Waals surface area contributed by atoms with Crippen molar-refractivity contribution in [3.8, 4) is 0 Å². The Morgan fingerprint density at radius 3 is 2.35 bits per heavy atom. The fourth-order valence-electron chi connectivity index (χ4n) is 1.39. The van der Waals surface area contributed by atoms with E-state index >= 15 is 0 Å². The van der Waals surface area contributed by atoms with E-state index < -0.39 is 0 Å². The van der Waals surface area contributed by atoms with Crippen LogP contribution in [0.3, 0.4) is 0 Å². The quantitative estimate of drug-likeness (QED) is 0.467. The summed E-state index contributed by atoms with van der Waals surface area (Å²) in [5.41, 5.74) is 0. The zero-order valence-electron chi connectivity index (χ0n) is 11.4. The third-order valence-electron chi connectivity index (χ3n) is 2.15. The van der Waals surface area contributed by atoms with Crippen LogP contribution >= 0.6 is 11.8 Å². The molecule has 2 nitrogen and oxygen atoms in total. The molecule has 0 fully saturated rings. The second kappa shape index (κ2) is 9.75. The van der Waals surface area contributed by atoms with Gasteiger partial charge in [-0.2, -0.15) is 0 Å². The highest BCUT2D eigenvalue weighted by Crippen LogP contribution is 2.22. The number of unbranched alkanes of at least 4 members (excludes halogenated alkanes) is 1. The van der Waals surface area contributed by atoms with E-state index in [1.165, 1.54) is 0 Å². The minimum Gasteiger partial charge on any atom is -0.462 e. The van der Waals surface area contributed by atoms with E-state index in [1.807, 2.05) is 13.8 Å². The van der Waals surface area contributed by atoms with Crippen LogP contribution in [0.15, 0.2) is 0 Å². The largest absolute Gasteiger partial charge is 0.462 e. The Labute approximate surface area is 109 Å². The average molecular weight is 264 g/mol. The summed E-state index contributed by atoms with van der Waals surface area (Å²) in [7, 11) is 0. The number of carbonyl (C=O) groups excluding carboxylic acids is 1. The molecule has 0 saturated carbocycles. The minimum atomic E-state index is -0.272. The van der Waals surface area contributed by atoms with Gasteiger partial charge in [-0.3, -0.25) is 9.18 Å². The zero-order chi connectivity index (χ0) is 13.3. The van der Waals surface area contributed by atoms with Crippen molar-refractivity contribution in [1.29, 1.82) is 0 Å². The van der Waals surface area contributed by atoms with E-state index in [0.717, 1.165) is 18.6 Å². The van der Waals surface area contributed by atoms with E-state index in [0.29, 0.717) is 12.3 Å². The van der Waals surface area contributed by atoms with Gasteiger partial charge in [-0.1, -0.05) is 13.8 Å². The number of alkyl halides is 1. The molecular weight excluding hydrogens is 239 g/mol. The van der Waals surface area contributed by atoms with Gasteiger partial charge >= 0.3 is 5.97 Å². The molecule has 1 unspecified atom stereocenters. The molecule has 0 spiro atoms. The van der Waals surface area contributed by atoms with Crippen LogP contribution in [0.1, 0.15) is 47.0 Å². The first-order chi connectivity index (χ1) is 7.97. The SMILES string of the molecule is CC(C)CC(SCCCCF)C(=O)OC(C)C. The Bertz CT molecular complexity index is 208. The first-order valence-electron chi connectivity index (χ1n) is 6.35. The van der Waals surface area contributed by atoms with Crippen molar-refractivity contribution < 1.29 is 13.9 Å². The standard InChI is InChI=1S/C13H25FO2S/c1-10(2)9-12(13(15)16-11(3)4)17-8-6-5-7-14/h10-12H,5-9H2,1-4H3. The molecule has 0 aromatic heterocycles. The molecule has 0 N–H and O–H groups in total. The van der Waals surface area contributed by atoms with Gasteiger partial charge in [0.05, 0.1) is 12.8 Å². The summed E-state index contributed by atoms with van der Waals surface area (Å²) < 4.78 is 17.2. The van der Waals surface area contributed by atoms with E-state index in [2.05, 4.69) is 13.8 Å². The Kier molecular flexibility index (Phi) is 9.60. The van der Waals surface area contributed by atoms with Crippen LogP contribution in [-0.4, -0.2) is 29.8 Å². The highest BCUT2D eigenvalue weighted by Gasteiger charge is 2.22. The number of hydrogen-bond donors (Lipinski definition) is 0. The summed E-state index contributed by atoms with van der Waals surface area (Å²) >= 11 is 1.60. The number of ether oxygens (including phenoxy) is 1. The van der Waals surface area contributed by atoms with Crippen LogP contribution in [0, 0.1) is 5.92 Å². The summed E-state index contributed by atoms with van der Waals surface area (Å²) in [5, 5.41) is -0.1000. The summed E-state index contributed by atoms with van der Waals surface area (Å²) in [6, 6.07) is 0. The molecule has 0 aliphatic rings. The summed E-state index contributed by atoms with van der Waals surface area (Å²) in [4.78, 5) is 11.8. The minimum absolute atomic E-state index is 0.0661. The Morgan fingerprint density at radius 1 is 1.24 bits per heavy atom. The topological polar surface area (TPSA) is 26.3 Å². The van der Waals surface area contributed by atoms with Gasteiger partial charge in [-0.15, -0.1) is 11.8 Å². The molecule has 0 radical (unpaired) electrons. The number of thioether (sulfide) groups is 1. The lowest BCUT2D eigenvalue weighted by molar-refractivity contribution is -0.147. The van der Waals surface area contributed by atoms with Crippen molar-refractivity contribution >= 4 is 17.7 Å². The van der Waals surface area contributed by atoms with Gasteiger partial charge in [0.2, 0.25) is 0 Å². The molecule has 1 atom stereocenters. The third-order valence-corrected chi connectivity index (χ3v) is 3.46. The van der Waals surface area contributed by atoms with E-state index in [-0.39, 0.29) is 24.0 Å². The maximum Gasteiger partial charge on any atom is 0.319 e. The van der Waals surface area contributed by atoms with Crippen LogP contribution in [0.5, 0.6) is 0 Å². The van der Waals surface area contributed by atoms with Crippen LogP contribution < -0.4 is 0 Å². The third kappa shape index (κ3) is 9.45. The lowest BCUT2D eigenvalue weighted by Gasteiger charge is -2.19. The molecule has 0 bridgehead atoms. The Balaban J connectivity index is 4.08. The molecule has 0 saturated heterocycles. The molecule has 0 heterocycles. The second-order valence-electron chi connectivity index (χ2n) is 4.87. The lowest BCUT2D eigenvalue weighted by Crippen LogP contribution is -2.25. The first kappa shape index (κ1) is 16.8. The van der Waals surface area contributed by atoms with E-state index in [4.69, 9.17) is 4.74 Å². The molecule has 0 amide bonds. The molecule has 0 aromatic rings. The van der Waals surface area contributed by atoms with Gasteiger partial charge in [0.25, 0.3) is 0 Å². The van der Waals surface area contributed by atoms with Gasteiger partial charge in [-0.25, -0.2) is 0 Å². The molecule has 0 rings (SSSR count). The van der Waals surface area contributed by atoms with Gasteiger partial charge in [0.1, 0.15) is 5.25 Å². The lowest BCUT2D eigenvalue weighted by atomic mass is 10.1. The second-order valence-corrected chi connectivity index (χ2v) is 6.18. The van der Waals surface area contributed by atoms with Gasteiger partial charge < -0.3 is 4.74 Å². The van der Waals surface area contributed by atoms with E-state index in [9.17, 15) is 9.18 Å². The van der Waals surface area contributed by atoms with Crippen molar-refractivity contribution in [3.05, 3.63) is 0 Å². The van der Waals surface area contributed by atoms with Crippen LogP contribution in [0.25, 0.3) is 0 Å². The van der Waals surface area contributed by atoms with Gasteiger partial charge in [0, 0.05) is 0 Å². The fraction of sp³-hybridized carbons (Fsp3) is 0.923. The zero-order valence-corrected chi connectivity index (χ0v) is 12.2. The van der Waals surface area contributed by atoms with Gasteiger partial charge in [0.15, 0.2) is 0 Å². The van der Waals surface area contributed by atoms with Crippen molar-refractivity contribution in [3.63, 3.8) is 0 Å². The number of halogens is 1. The number of rotatable bonds is 9.